The van der Waals surface area contributed by atoms with Crippen LogP contribution in [0.4, 0.5) is 17.6 Å². The normalized spacial score (nSPS) is 10.9. The number of para-hydroxylation sites is 1. The average molecular weight is 472 g/mol. The van der Waals surface area contributed by atoms with Crippen molar-refractivity contribution in [2.24, 2.45) is 0 Å². The van der Waals surface area contributed by atoms with Gasteiger partial charge in [-0.25, -0.2) is 0 Å². The minimum atomic E-state index is 0.335. The SMILES string of the molecule is CCCCCCCCCCCCCCCCCCNc1nc(=S)nc(Nc2ccccc2)[nH]1. The first-order valence-electron chi connectivity index (χ1n) is 13.3. The molecule has 0 saturated carbocycles. The van der Waals surface area contributed by atoms with Crippen molar-refractivity contribution in [3.05, 3.63) is 35.1 Å². The van der Waals surface area contributed by atoms with Gasteiger partial charge in [-0.3, -0.25) is 4.98 Å². The maximum atomic E-state index is 5.20. The molecule has 1 aromatic carbocycles. The summed E-state index contributed by atoms with van der Waals surface area (Å²) < 4.78 is 0.335. The van der Waals surface area contributed by atoms with Gasteiger partial charge in [0.15, 0.2) is 0 Å². The lowest BCUT2D eigenvalue weighted by Gasteiger charge is -2.09. The van der Waals surface area contributed by atoms with Crippen LogP contribution < -0.4 is 10.6 Å². The van der Waals surface area contributed by atoms with Crippen molar-refractivity contribution in [3.63, 3.8) is 0 Å². The van der Waals surface area contributed by atoms with Crippen molar-refractivity contribution in [1.29, 1.82) is 0 Å². The molecular formula is C27H45N5S. The largest absolute Gasteiger partial charge is 0.356 e. The second-order valence-electron chi connectivity index (χ2n) is 9.05. The monoisotopic (exact) mass is 471 g/mol. The number of nitrogens with one attached hydrogen (secondary N) is 3. The van der Waals surface area contributed by atoms with Gasteiger partial charge in [-0.15, -0.1) is 0 Å². The lowest BCUT2D eigenvalue weighted by molar-refractivity contribution is 0.530. The van der Waals surface area contributed by atoms with Crippen molar-refractivity contribution in [2.75, 3.05) is 17.2 Å². The molecule has 0 aliphatic rings. The van der Waals surface area contributed by atoms with E-state index in [-0.39, 0.29) is 0 Å². The molecule has 0 bridgehead atoms. The molecule has 0 unspecified atom stereocenters. The van der Waals surface area contributed by atoms with Gasteiger partial charge in [0, 0.05) is 12.2 Å². The Kier molecular flexibility index (Phi) is 15.3. The molecule has 0 saturated heterocycles. The molecule has 0 atom stereocenters. The summed E-state index contributed by atoms with van der Waals surface area (Å²) in [5.74, 6) is 1.28. The topological polar surface area (TPSA) is 65.6 Å². The Hall–Kier alpha value is -1.95. The maximum Gasteiger partial charge on any atom is 0.225 e. The minimum Gasteiger partial charge on any atom is -0.356 e. The Labute approximate surface area is 206 Å². The number of rotatable bonds is 20. The van der Waals surface area contributed by atoms with Crippen LogP contribution in [0, 0.1) is 4.77 Å². The Morgan fingerprint density at radius 3 is 1.70 bits per heavy atom. The van der Waals surface area contributed by atoms with Crippen molar-refractivity contribution in [3.8, 4) is 0 Å². The predicted octanol–water partition coefficient (Wildman–Crippen LogP) is 8.95. The van der Waals surface area contributed by atoms with E-state index in [9.17, 15) is 0 Å². The third-order valence-corrected chi connectivity index (χ3v) is 6.19. The van der Waals surface area contributed by atoms with Gasteiger partial charge in [0.25, 0.3) is 0 Å². The Balaban J connectivity index is 1.42. The first-order valence-corrected chi connectivity index (χ1v) is 13.7. The summed E-state index contributed by atoms with van der Waals surface area (Å²) in [6.45, 7) is 3.18. The van der Waals surface area contributed by atoms with E-state index in [1.807, 2.05) is 30.3 Å². The Morgan fingerprint density at radius 2 is 1.15 bits per heavy atom. The highest BCUT2D eigenvalue weighted by Crippen LogP contribution is 2.15. The summed E-state index contributed by atoms with van der Waals surface area (Å²) in [5.41, 5.74) is 0.964. The molecule has 1 aromatic heterocycles. The van der Waals surface area contributed by atoms with E-state index in [1.54, 1.807) is 0 Å². The Bertz CT molecular complexity index is 778. The zero-order chi connectivity index (χ0) is 23.4. The number of aromatic nitrogens is 3. The van der Waals surface area contributed by atoms with Crippen LogP contribution in [-0.4, -0.2) is 21.5 Å². The first kappa shape index (κ1) is 27.3. The summed E-state index contributed by atoms with van der Waals surface area (Å²) >= 11 is 5.20. The fraction of sp³-hybridized carbons (Fsp3) is 0.667. The minimum absolute atomic E-state index is 0.335. The summed E-state index contributed by atoms with van der Waals surface area (Å²) in [6, 6.07) is 9.92. The molecule has 0 fully saturated rings. The lowest BCUT2D eigenvalue weighted by Crippen LogP contribution is -2.08. The molecule has 3 N–H and O–H groups in total. The number of aromatic amines is 1. The van der Waals surface area contributed by atoms with E-state index in [2.05, 4.69) is 32.5 Å². The maximum absolute atomic E-state index is 5.20. The summed E-state index contributed by atoms with van der Waals surface area (Å²) in [4.78, 5) is 11.7. The summed E-state index contributed by atoms with van der Waals surface area (Å²) in [5, 5.41) is 6.58. The van der Waals surface area contributed by atoms with E-state index >= 15 is 0 Å². The molecule has 0 radical (unpaired) electrons. The number of benzene rings is 1. The average Bonchev–Trinajstić information content (AvgIpc) is 2.81. The van der Waals surface area contributed by atoms with Gasteiger partial charge in [0.2, 0.25) is 16.7 Å². The van der Waals surface area contributed by atoms with Gasteiger partial charge in [-0.2, -0.15) is 9.97 Å². The summed E-state index contributed by atoms with van der Waals surface area (Å²) in [6.07, 6.45) is 22.2. The second kappa shape index (κ2) is 18.5. The zero-order valence-electron chi connectivity index (χ0n) is 20.7. The van der Waals surface area contributed by atoms with Crippen LogP contribution in [0.15, 0.2) is 30.3 Å². The van der Waals surface area contributed by atoms with E-state index in [1.165, 1.54) is 96.3 Å². The van der Waals surface area contributed by atoms with E-state index in [0.29, 0.717) is 16.7 Å². The van der Waals surface area contributed by atoms with Gasteiger partial charge in [0.05, 0.1) is 0 Å². The van der Waals surface area contributed by atoms with Gasteiger partial charge < -0.3 is 10.6 Å². The molecule has 184 valence electrons. The van der Waals surface area contributed by atoms with E-state index in [4.69, 9.17) is 12.2 Å². The fourth-order valence-electron chi connectivity index (χ4n) is 4.07. The Morgan fingerprint density at radius 1 is 0.667 bits per heavy atom. The molecule has 0 aliphatic carbocycles. The standard InChI is InChI=1S/C27H45N5S/c1-2-3-4-5-6-7-8-9-10-11-12-13-14-15-16-20-23-28-25-30-26(32-27(33)31-25)29-24-21-18-17-19-22-24/h17-19,21-22H,2-16,20,23H2,1H3,(H3,28,29,30,31,32,33). The smallest absolute Gasteiger partial charge is 0.225 e. The van der Waals surface area contributed by atoms with Gasteiger partial charge in [-0.05, 0) is 30.8 Å². The highest BCUT2D eigenvalue weighted by Gasteiger charge is 2.01. The molecule has 2 aromatic rings. The number of anilines is 3. The predicted molar refractivity (Wildman–Crippen MR) is 145 cm³/mol. The number of H-pyrrole nitrogens is 1. The third kappa shape index (κ3) is 14.0. The van der Waals surface area contributed by atoms with Crippen LogP contribution >= 0.6 is 12.2 Å². The number of nitrogens with zero attached hydrogens (tertiary/aromatic N) is 2. The van der Waals surface area contributed by atoms with Gasteiger partial charge >= 0.3 is 0 Å². The van der Waals surface area contributed by atoms with E-state index < -0.39 is 0 Å². The van der Waals surface area contributed by atoms with Gasteiger partial charge in [0.1, 0.15) is 0 Å². The molecule has 1 heterocycles. The van der Waals surface area contributed by atoms with Crippen LogP contribution in [0.2, 0.25) is 0 Å². The van der Waals surface area contributed by atoms with Gasteiger partial charge in [-0.1, -0.05) is 121 Å². The molecule has 5 nitrogen and oxygen atoms in total. The van der Waals surface area contributed by atoms with Crippen LogP contribution in [0.25, 0.3) is 0 Å². The molecule has 0 aliphatic heterocycles. The molecule has 0 spiro atoms. The second-order valence-corrected chi connectivity index (χ2v) is 9.41. The number of unbranched alkanes of at least 4 members (excludes halogenated alkanes) is 15. The van der Waals surface area contributed by atoms with E-state index in [0.717, 1.165) is 18.7 Å². The number of hydrogen-bond acceptors (Lipinski definition) is 5. The van der Waals surface area contributed by atoms with Crippen molar-refractivity contribution >= 4 is 29.8 Å². The fourth-order valence-corrected chi connectivity index (χ4v) is 4.25. The lowest BCUT2D eigenvalue weighted by atomic mass is 10.0. The molecule has 0 amide bonds. The molecule has 2 rings (SSSR count). The van der Waals surface area contributed by atoms with Crippen molar-refractivity contribution < 1.29 is 0 Å². The van der Waals surface area contributed by atoms with Crippen LogP contribution in [-0.2, 0) is 0 Å². The number of hydrogen-bond donors (Lipinski definition) is 3. The van der Waals surface area contributed by atoms with Crippen LogP contribution in [0.5, 0.6) is 0 Å². The molecule has 6 heteroatoms. The molecule has 33 heavy (non-hydrogen) atoms. The highest BCUT2D eigenvalue weighted by molar-refractivity contribution is 7.71. The van der Waals surface area contributed by atoms with Crippen molar-refractivity contribution in [1.82, 2.24) is 15.0 Å². The molecular weight excluding hydrogens is 426 g/mol. The van der Waals surface area contributed by atoms with Crippen LogP contribution in [0.1, 0.15) is 110 Å². The quantitative estimate of drug-likeness (QED) is 0.133. The van der Waals surface area contributed by atoms with Crippen LogP contribution in [0.3, 0.4) is 0 Å². The summed E-state index contributed by atoms with van der Waals surface area (Å²) in [7, 11) is 0. The van der Waals surface area contributed by atoms with Crippen molar-refractivity contribution in [2.45, 2.75) is 110 Å². The first-order chi connectivity index (χ1) is 16.3. The highest BCUT2D eigenvalue weighted by atomic mass is 32.1. The third-order valence-electron chi connectivity index (χ3n) is 6.01. The zero-order valence-corrected chi connectivity index (χ0v) is 21.5.